The Bertz CT molecular complexity index is 1120. The molecule has 2 fully saturated rings. The van der Waals surface area contributed by atoms with Crippen LogP contribution in [0.15, 0.2) is 54.7 Å². The van der Waals surface area contributed by atoms with Crippen LogP contribution >= 0.6 is 0 Å². The lowest BCUT2D eigenvalue weighted by molar-refractivity contribution is -0.141. The molecule has 0 bridgehead atoms. The van der Waals surface area contributed by atoms with Crippen LogP contribution in [0, 0.1) is 5.92 Å². The second-order valence-corrected chi connectivity index (χ2v) is 9.18. The zero-order valence-electron chi connectivity index (χ0n) is 19.4. The molecule has 8 nitrogen and oxygen atoms in total. The van der Waals surface area contributed by atoms with E-state index in [1.54, 1.807) is 0 Å². The highest BCUT2D eigenvalue weighted by Gasteiger charge is 2.33. The largest absolute Gasteiger partial charge is 0.493 e. The number of nitrogens with zero attached hydrogens (tertiary/aromatic N) is 5. The summed E-state index contributed by atoms with van der Waals surface area (Å²) in [5.41, 5.74) is 0.858. The molecule has 0 N–H and O–H groups in total. The number of para-hydroxylation sites is 1. The summed E-state index contributed by atoms with van der Waals surface area (Å²) >= 11 is 0. The highest BCUT2D eigenvalue weighted by molar-refractivity contribution is 5.81. The molecule has 178 valence electrons. The van der Waals surface area contributed by atoms with Gasteiger partial charge >= 0.3 is 0 Å². The minimum atomic E-state index is -0.113. The van der Waals surface area contributed by atoms with Crippen LogP contribution in [0.4, 0.5) is 0 Å². The molecule has 0 radical (unpaired) electrons. The SMILES string of the molecule is O=C(CCOc1ccccc1)N1CCCC(C(=O)N2CCC(c3nnc4ccccn34)CC2)C1. The van der Waals surface area contributed by atoms with Crippen molar-refractivity contribution in [1.82, 2.24) is 24.4 Å². The molecule has 0 aliphatic carbocycles. The predicted molar refractivity (Wildman–Crippen MR) is 127 cm³/mol. The maximum Gasteiger partial charge on any atom is 0.227 e. The summed E-state index contributed by atoms with van der Waals surface area (Å²) in [6, 6.07) is 15.4. The zero-order valence-corrected chi connectivity index (χ0v) is 19.4. The fourth-order valence-corrected chi connectivity index (χ4v) is 5.09. The van der Waals surface area contributed by atoms with Gasteiger partial charge in [0, 0.05) is 38.3 Å². The Labute approximate surface area is 199 Å². The van der Waals surface area contributed by atoms with Crippen LogP contribution in [-0.2, 0) is 9.59 Å². The van der Waals surface area contributed by atoms with Crippen LogP contribution in [0.5, 0.6) is 5.75 Å². The van der Waals surface area contributed by atoms with Gasteiger partial charge in [-0.1, -0.05) is 24.3 Å². The van der Waals surface area contributed by atoms with Gasteiger partial charge in [0.15, 0.2) is 5.65 Å². The van der Waals surface area contributed by atoms with E-state index in [4.69, 9.17) is 4.74 Å². The molecule has 0 spiro atoms. The van der Waals surface area contributed by atoms with Gasteiger partial charge in [-0.2, -0.15) is 0 Å². The number of hydrogen-bond donors (Lipinski definition) is 0. The molecule has 34 heavy (non-hydrogen) atoms. The van der Waals surface area contributed by atoms with E-state index in [1.165, 1.54) is 0 Å². The van der Waals surface area contributed by atoms with Gasteiger partial charge in [0.05, 0.1) is 18.9 Å². The third kappa shape index (κ3) is 4.90. The van der Waals surface area contributed by atoms with E-state index in [0.29, 0.717) is 25.5 Å². The Morgan fingerprint density at radius 3 is 2.53 bits per heavy atom. The summed E-state index contributed by atoms with van der Waals surface area (Å²) in [5.74, 6) is 2.18. The molecule has 2 amide bonds. The van der Waals surface area contributed by atoms with Crippen LogP contribution in [0.2, 0.25) is 0 Å². The molecular formula is C26H31N5O3. The predicted octanol–water partition coefficient (Wildman–Crippen LogP) is 3.14. The van der Waals surface area contributed by atoms with E-state index < -0.39 is 0 Å². The van der Waals surface area contributed by atoms with Crippen molar-refractivity contribution in [3.63, 3.8) is 0 Å². The van der Waals surface area contributed by atoms with E-state index in [-0.39, 0.29) is 17.7 Å². The second kappa shape index (κ2) is 10.2. The first-order valence-corrected chi connectivity index (χ1v) is 12.2. The number of rotatable bonds is 6. The Morgan fingerprint density at radius 2 is 1.71 bits per heavy atom. The molecule has 1 atom stereocenters. The van der Waals surface area contributed by atoms with Crippen molar-refractivity contribution in [1.29, 1.82) is 0 Å². The van der Waals surface area contributed by atoms with E-state index in [0.717, 1.165) is 62.5 Å². The minimum absolute atomic E-state index is 0.0609. The molecule has 2 saturated heterocycles. The first-order valence-electron chi connectivity index (χ1n) is 12.2. The maximum atomic E-state index is 13.3. The molecular weight excluding hydrogens is 430 g/mol. The van der Waals surface area contributed by atoms with Crippen molar-refractivity contribution in [2.24, 2.45) is 5.92 Å². The highest BCUT2D eigenvalue weighted by Crippen LogP contribution is 2.29. The maximum absolute atomic E-state index is 13.3. The first kappa shape index (κ1) is 22.4. The van der Waals surface area contributed by atoms with Gasteiger partial charge in [-0.15, -0.1) is 10.2 Å². The molecule has 4 heterocycles. The fourth-order valence-electron chi connectivity index (χ4n) is 5.09. The number of carbonyl (C=O) groups excluding carboxylic acids is 2. The number of ether oxygens (including phenoxy) is 1. The summed E-state index contributed by atoms with van der Waals surface area (Å²) in [4.78, 5) is 29.8. The topological polar surface area (TPSA) is 80.0 Å². The van der Waals surface area contributed by atoms with Crippen molar-refractivity contribution >= 4 is 17.5 Å². The molecule has 2 aliphatic rings. The third-order valence-electron chi connectivity index (χ3n) is 6.96. The number of carbonyl (C=O) groups is 2. The van der Waals surface area contributed by atoms with Crippen LogP contribution in [0.25, 0.3) is 5.65 Å². The number of hydrogen-bond acceptors (Lipinski definition) is 5. The van der Waals surface area contributed by atoms with Crippen LogP contribution in [-0.4, -0.2) is 69.0 Å². The van der Waals surface area contributed by atoms with E-state index in [9.17, 15) is 9.59 Å². The Hall–Kier alpha value is -3.42. The van der Waals surface area contributed by atoms with Crippen molar-refractivity contribution < 1.29 is 14.3 Å². The lowest BCUT2D eigenvalue weighted by atomic mass is 9.92. The zero-order chi connectivity index (χ0) is 23.3. The molecule has 1 unspecified atom stereocenters. The number of benzene rings is 1. The molecule has 0 saturated carbocycles. The molecule has 2 aromatic heterocycles. The van der Waals surface area contributed by atoms with Crippen LogP contribution in [0.3, 0.4) is 0 Å². The normalized spacial score (nSPS) is 19.4. The number of amides is 2. The quantitative estimate of drug-likeness (QED) is 0.563. The number of fused-ring (bicyclic) bond motifs is 1. The monoisotopic (exact) mass is 461 g/mol. The minimum Gasteiger partial charge on any atom is -0.493 e. The summed E-state index contributed by atoms with van der Waals surface area (Å²) in [6.45, 7) is 3.03. The highest BCUT2D eigenvalue weighted by atomic mass is 16.5. The average molecular weight is 462 g/mol. The van der Waals surface area contributed by atoms with Gasteiger partial charge in [-0.3, -0.25) is 14.0 Å². The molecule has 3 aromatic rings. The van der Waals surface area contributed by atoms with Gasteiger partial charge in [0.2, 0.25) is 11.8 Å². The molecule has 2 aliphatic heterocycles. The third-order valence-corrected chi connectivity index (χ3v) is 6.96. The Balaban J connectivity index is 1.11. The first-order chi connectivity index (χ1) is 16.7. The van der Waals surface area contributed by atoms with Crippen molar-refractivity contribution in [2.45, 2.75) is 38.0 Å². The number of pyridine rings is 1. The lowest BCUT2D eigenvalue weighted by Crippen LogP contribution is -2.48. The van der Waals surface area contributed by atoms with Gasteiger partial charge in [-0.25, -0.2) is 0 Å². The Kier molecular flexibility index (Phi) is 6.74. The fraction of sp³-hybridized carbons (Fsp3) is 0.462. The number of likely N-dealkylation sites (tertiary alicyclic amines) is 2. The van der Waals surface area contributed by atoms with Gasteiger partial charge in [-0.05, 0) is 49.9 Å². The average Bonchev–Trinajstić information content (AvgIpc) is 3.33. The Morgan fingerprint density at radius 1 is 0.912 bits per heavy atom. The van der Waals surface area contributed by atoms with Gasteiger partial charge in [0.1, 0.15) is 11.6 Å². The van der Waals surface area contributed by atoms with Crippen molar-refractivity contribution in [2.75, 3.05) is 32.8 Å². The second-order valence-electron chi connectivity index (χ2n) is 9.18. The summed E-state index contributed by atoms with van der Waals surface area (Å²) in [5, 5.41) is 8.68. The van der Waals surface area contributed by atoms with E-state index in [2.05, 4.69) is 10.2 Å². The van der Waals surface area contributed by atoms with Crippen molar-refractivity contribution in [3.05, 3.63) is 60.6 Å². The molecule has 1 aromatic carbocycles. The smallest absolute Gasteiger partial charge is 0.227 e. The number of aromatic nitrogens is 3. The van der Waals surface area contributed by atoms with Gasteiger partial charge < -0.3 is 14.5 Å². The van der Waals surface area contributed by atoms with Gasteiger partial charge in [0.25, 0.3) is 0 Å². The standard InChI is InChI=1S/C26H31N5O3/c32-24(13-18-34-22-8-2-1-3-9-22)30-14-6-7-21(19-30)26(33)29-16-11-20(12-17-29)25-28-27-23-10-4-5-15-31(23)25/h1-5,8-10,15,20-21H,6-7,11-14,16-19H2. The number of piperidine rings is 2. The summed E-state index contributed by atoms with van der Waals surface area (Å²) in [6.07, 6.45) is 5.80. The van der Waals surface area contributed by atoms with E-state index >= 15 is 0 Å². The molecule has 5 rings (SSSR count). The summed E-state index contributed by atoms with van der Waals surface area (Å²) < 4.78 is 7.72. The van der Waals surface area contributed by atoms with Crippen LogP contribution in [0.1, 0.15) is 43.8 Å². The van der Waals surface area contributed by atoms with Crippen LogP contribution < -0.4 is 4.74 Å². The lowest BCUT2D eigenvalue weighted by Gasteiger charge is -2.37. The van der Waals surface area contributed by atoms with Crippen molar-refractivity contribution in [3.8, 4) is 5.75 Å². The molecule has 8 heteroatoms. The summed E-state index contributed by atoms with van der Waals surface area (Å²) in [7, 11) is 0. The van der Waals surface area contributed by atoms with E-state index in [1.807, 2.05) is 68.9 Å².